The lowest BCUT2D eigenvalue weighted by atomic mass is 10.3. The molecular weight excluding hydrogens is 86.0 g/mol. The summed E-state index contributed by atoms with van der Waals surface area (Å²) < 4.78 is 22.8. The molecule has 1 radical (unpaired) electrons. The zero-order chi connectivity index (χ0) is 5.15. The topological polar surface area (TPSA) is 0 Å². The minimum absolute atomic E-state index is 0.657. The van der Waals surface area contributed by atoms with Crippen molar-refractivity contribution < 1.29 is 8.78 Å². The van der Waals surface area contributed by atoms with Crippen molar-refractivity contribution in [2.75, 3.05) is 0 Å². The first-order chi connectivity index (χ1) is 2.64. The van der Waals surface area contributed by atoms with Gasteiger partial charge < -0.3 is 0 Å². The molecule has 1 atom stereocenters. The molecule has 0 spiro atoms. The highest BCUT2D eigenvalue weighted by Gasteiger charge is 2.07. The van der Waals surface area contributed by atoms with Gasteiger partial charge >= 0.3 is 0 Å². The second kappa shape index (κ2) is 2.11. The monoisotopic (exact) mass is 93.1 g/mol. The number of hydrogen-bond donors (Lipinski definition) is 0. The molecule has 0 saturated heterocycles. The summed E-state index contributed by atoms with van der Waals surface area (Å²) in [6.45, 7) is 2.28. The minimum Gasteiger partial charge on any atom is -0.244 e. The van der Waals surface area contributed by atoms with Gasteiger partial charge in [-0.1, -0.05) is 0 Å². The second-order valence-electron chi connectivity index (χ2n) is 1.20. The summed E-state index contributed by atoms with van der Waals surface area (Å²) in [6.07, 6.45) is -2.06. The van der Waals surface area contributed by atoms with Crippen molar-refractivity contribution in [1.29, 1.82) is 0 Å². The van der Waals surface area contributed by atoms with Crippen molar-refractivity contribution >= 4 is 0 Å². The molecule has 0 saturated carbocycles. The van der Waals surface area contributed by atoms with E-state index >= 15 is 0 Å². The zero-order valence-electron chi connectivity index (χ0n) is 3.83. The lowest BCUT2D eigenvalue weighted by Crippen LogP contribution is -1.96. The first-order valence-electron chi connectivity index (χ1n) is 1.77. The van der Waals surface area contributed by atoms with Gasteiger partial charge in [0.2, 0.25) is 0 Å². The van der Waals surface area contributed by atoms with Gasteiger partial charge in [-0.3, -0.25) is 0 Å². The normalized spacial score (nSPS) is 15.5. The van der Waals surface area contributed by atoms with E-state index in [9.17, 15) is 8.78 Å². The van der Waals surface area contributed by atoms with Gasteiger partial charge in [0.05, 0.1) is 0 Å². The summed E-state index contributed by atoms with van der Waals surface area (Å²) in [5, 5.41) is 0. The number of hydrogen-bond acceptors (Lipinski definition) is 0. The molecule has 0 unspecified atom stereocenters. The van der Waals surface area contributed by atoms with Crippen LogP contribution in [0.25, 0.3) is 0 Å². The third-order valence-electron chi connectivity index (χ3n) is 0.548. The van der Waals surface area contributed by atoms with Crippen LogP contribution in [0.3, 0.4) is 0 Å². The molecule has 6 heavy (non-hydrogen) atoms. The van der Waals surface area contributed by atoms with Crippen molar-refractivity contribution in [3.63, 3.8) is 0 Å². The summed E-state index contributed by atoms with van der Waals surface area (Å²) in [5.41, 5.74) is 0. The second-order valence-corrected chi connectivity index (χ2v) is 1.20. The molecule has 0 aliphatic rings. The van der Waals surface area contributed by atoms with Gasteiger partial charge in [0.15, 0.2) is 6.17 Å². The molecule has 0 heterocycles. The van der Waals surface area contributed by atoms with E-state index in [2.05, 4.69) is 0 Å². The third kappa shape index (κ3) is 2.12. The molecule has 0 amide bonds. The van der Waals surface area contributed by atoms with Crippen molar-refractivity contribution in [2.45, 2.75) is 20.0 Å². The number of rotatable bonds is 1. The summed E-state index contributed by atoms with van der Waals surface area (Å²) >= 11 is 0. The maximum Gasteiger partial charge on any atom is 0.175 e. The molecule has 0 aromatic heterocycles. The van der Waals surface area contributed by atoms with Crippen LogP contribution in [0.4, 0.5) is 8.78 Å². The fraction of sp³-hybridized carbons (Fsp3) is 0.750. The van der Waals surface area contributed by atoms with Crippen molar-refractivity contribution in [3.8, 4) is 0 Å². The fourth-order valence-corrected chi connectivity index (χ4v) is 0. The predicted molar refractivity (Wildman–Crippen MR) is 20.6 cm³/mol. The van der Waals surface area contributed by atoms with Gasteiger partial charge in [0.1, 0.15) is 6.17 Å². The molecular formula is C4H7F2. The van der Waals surface area contributed by atoms with Crippen LogP contribution in [-0.4, -0.2) is 6.17 Å². The van der Waals surface area contributed by atoms with Crippen LogP contribution in [-0.2, 0) is 0 Å². The maximum absolute atomic E-state index is 11.4. The third-order valence-corrected chi connectivity index (χ3v) is 0.548. The molecule has 0 nitrogen and oxygen atoms in total. The highest BCUT2D eigenvalue weighted by molar-refractivity contribution is 4.74. The molecule has 0 fully saturated rings. The van der Waals surface area contributed by atoms with Crippen LogP contribution >= 0.6 is 0 Å². The van der Waals surface area contributed by atoms with Gasteiger partial charge in [0, 0.05) is 0 Å². The predicted octanol–water partition coefficient (Wildman–Crippen LogP) is 1.87. The van der Waals surface area contributed by atoms with E-state index in [1.807, 2.05) is 0 Å². The van der Waals surface area contributed by atoms with Crippen LogP contribution in [0, 0.1) is 6.17 Å². The summed E-state index contributed by atoms with van der Waals surface area (Å²) in [4.78, 5) is 0. The number of alkyl halides is 1. The van der Waals surface area contributed by atoms with E-state index in [0.717, 1.165) is 13.8 Å². The number of halogens is 2. The molecule has 2 heteroatoms. The van der Waals surface area contributed by atoms with Crippen LogP contribution in [0.15, 0.2) is 0 Å². The Kier molecular flexibility index (Phi) is 2.06. The lowest BCUT2D eigenvalue weighted by Gasteiger charge is -1.95. The first-order valence-corrected chi connectivity index (χ1v) is 1.77. The average Bonchev–Trinajstić information content (AvgIpc) is 1.36. The SMILES string of the molecule is C[C](F)[C@@H](C)F. The van der Waals surface area contributed by atoms with Crippen molar-refractivity contribution in [1.82, 2.24) is 0 Å². The lowest BCUT2D eigenvalue weighted by molar-refractivity contribution is 0.287. The zero-order valence-corrected chi connectivity index (χ0v) is 3.83. The average molecular weight is 93.1 g/mol. The molecule has 0 aliphatic heterocycles. The molecule has 0 aliphatic carbocycles. The Morgan fingerprint density at radius 2 is 1.83 bits per heavy atom. The largest absolute Gasteiger partial charge is 0.244 e. The Morgan fingerprint density at radius 3 is 1.83 bits per heavy atom. The highest BCUT2D eigenvalue weighted by atomic mass is 19.2. The Balaban J connectivity index is 2.99. The van der Waals surface area contributed by atoms with Crippen LogP contribution in [0.1, 0.15) is 13.8 Å². The van der Waals surface area contributed by atoms with E-state index in [1.54, 1.807) is 0 Å². The van der Waals surface area contributed by atoms with E-state index in [4.69, 9.17) is 0 Å². The van der Waals surface area contributed by atoms with Gasteiger partial charge in [0.25, 0.3) is 0 Å². The molecule has 0 aromatic carbocycles. The van der Waals surface area contributed by atoms with E-state index in [-0.39, 0.29) is 0 Å². The Labute approximate surface area is 36.2 Å². The van der Waals surface area contributed by atoms with Gasteiger partial charge in [-0.25, -0.2) is 8.78 Å². The van der Waals surface area contributed by atoms with Crippen LogP contribution in [0.5, 0.6) is 0 Å². The molecule has 0 aromatic rings. The van der Waals surface area contributed by atoms with Gasteiger partial charge in [-0.15, -0.1) is 0 Å². The maximum atomic E-state index is 11.4. The van der Waals surface area contributed by atoms with Crippen LogP contribution in [0.2, 0.25) is 0 Å². The smallest absolute Gasteiger partial charge is 0.175 e. The summed E-state index contributed by atoms with van der Waals surface area (Å²) in [7, 11) is 0. The Morgan fingerprint density at radius 1 is 1.67 bits per heavy atom. The van der Waals surface area contributed by atoms with E-state index < -0.39 is 12.3 Å². The van der Waals surface area contributed by atoms with Gasteiger partial charge in [-0.2, -0.15) is 0 Å². The minimum atomic E-state index is -1.40. The Bertz CT molecular complexity index is 26.5. The fourth-order valence-electron chi connectivity index (χ4n) is 0. The molecule has 0 rings (SSSR count). The van der Waals surface area contributed by atoms with E-state index in [1.165, 1.54) is 0 Å². The Hall–Kier alpha value is -0.140. The van der Waals surface area contributed by atoms with Crippen molar-refractivity contribution in [3.05, 3.63) is 6.17 Å². The summed E-state index contributed by atoms with van der Waals surface area (Å²) in [6, 6.07) is 0. The summed E-state index contributed by atoms with van der Waals surface area (Å²) in [5.74, 6) is 0. The van der Waals surface area contributed by atoms with Gasteiger partial charge in [-0.05, 0) is 13.8 Å². The first kappa shape index (κ1) is 5.86. The van der Waals surface area contributed by atoms with Crippen LogP contribution < -0.4 is 0 Å². The van der Waals surface area contributed by atoms with E-state index in [0.29, 0.717) is 0 Å². The van der Waals surface area contributed by atoms with Crippen molar-refractivity contribution in [2.24, 2.45) is 0 Å². The standard InChI is InChI=1S/C4H7F2/c1-3(5)4(2)6/h3H,1-2H3/t3-/m1/s1. The molecule has 0 N–H and O–H groups in total. The molecule has 0 bridgehead atoms. The quantitative estimate of drug-likeness (QED) is 0.464. The highest BCUT2D eigenvalue weighted by Crippen LogP contribution is 2.07. The molecule has 37 valence electrons.